The molecule has 1 aromatic carbocycles. The number of amides is 1. The standard InChI is InChI=1S/C17H24N2O3/c1-11(2)15-14(17(21)22)12-7-5-6-8-13(12)16(20)19(15)10-9-18(3)4/h5-8,11,14-15H,9-10H2,1-4H3,(H,21,22). The van der Waals surface area contributed by atoms with Gasteiger partial charge in [0, 0.05) is 18.7 Å². The summed E-state index contributed by atoms with van der Waals surface area (Å²) in [6.07, 6.45) is 0. The van der Waals surface area contributed by atoms with Crippen LogP contribution in [-0.2, 0) is 4.79 Å². The van der Waals surface area contributed by atoms with Gasteiger partial charge in [-0.1, -0.05) is 32.0 Å². The van der Waals surface area contributed by atoms with Gasteiger partial charge < -0.3 is 14.9 Å². The Labute approximate surface area is 131 Å². The number of benzene rings is 1. The summed E-state index contributed by atoms with van der Waals surface area (Å²) in [6, 6.07) is 6.77. The second-order valence-corrected chi connectivity index (χ2v) is 6.44. The lowest BCUT2D eigenvalue weighted by molar-refractivity contribution is -0.141. The molecule has 1 heterocycles. The van der Waals surface area contributed by atoms with Gasteiger partial charge in [0.05, 0.1) is 6.04 Å². The van der Waals surface area contributed by atoms with Crippen molar-refractivity contribution in [2.45, 2.75) is 25.8 Å². The molecule has 0 saturated carbocycles. The SMILES string of the molecule is CC(C)C1C(C(=O)O)c2ccccc2C(=O)N1CCN(C)C. The monoisotopic (exact) mass is 304 g/mol. The molecule has 0 aromatic heterocycles. The van der Waals surface area contributed by atoms with Crippen LogP contribution in [0.25, 0.3) is 0 Å². The van der Waals surface area contributed by atoms with E-state index in [1.165, 1.54) is 0 Å². The topological polar surface area (TPSA) is 60.9 Å². The summed E-state index contributed by atoms with van der Waals surface area (Å²) in [5, 5.41) is 9.74. The summed E-state index contributed by atoms with van der Waals surface area (Å²) in [5.74, 6) is -1.53. The molecule has 1 aliphatic rings. The lowest BCUT2D eigenvalue weighted by Crippen LogP contribution is -2.54. The number of fused-ring (bicyclic) bond motifs is 1. The number of likely N-dealkylation sites (N-methyl/N-ethyl adjacent to an activating group) is 1. The van der Waals surface area contributed by atoms with Gasteiger partial charge in [0.15, 0.2) is 0 Å². The Hall–Kier alpha value is -1.88. The van der Waals surface area contributed by atoms with E-state index in [-0.39, 0.29) is 17.9 Å². The van der Waals surface area contributed by atoms with Crippen LogP contribution in [0.4, 0.5) is 0 Å². The van der Waals surface area contributed by atoms with Crippen molar-refractivity contribution in [1.29, 1.82) is 0 Å². The van der Waals surface area contributed by atoms with Gasteiger partial charge in [-0.3, -0.25) is 9.59 Å². The Morgan fingerprint density at radius 1 is 1.32 bits per heavy atom. The molecule has 2 atom stereocenters. The highest BCUT2D eigenvalue weighted by molar-refractivity contribution is 6.00. The van der Waals surface area contributed by atoms with Crippen molar-refractivity contribution in [2.75, 3.05) is 27.2 Å². The summed E-state index contributed by atoms with van der Waals surface area (Å²) in [6.45, 7) is 5.20. The van der Waals surface area contributed by atoms with Gasteiger partial charge in [0.1, 0.15) is 5.92 Å². The molecule has 0 fully saturated rings. The molecule has 1 aromatic rings. The number of rotatable bonds is 5. The van der Waals surface area contributed by atoms with E-state index in [9.17, 15) is 14.7 Å². The number of aliphatic carboxylic acids is 1. The molecule has 0 bridgehead atoms. The molecule has 0 saturated heterocycles. The largest absolute Gasteiger partial charge is 0.481 e. The van der Waals surface area contributed by atoms with Crippen molar-refractivity contribution in [3.63, 3.8) is 0 Å². The molecule has 5 nitrogen and oxygen atoms in total. The molecule has 2 unspecified atom stereocenters. The first-order chi connectivity index (χ1) is 10.3. The smallest absolute Gasteiger partial charge is 0.313 e. The maximum absolute atomic E-state index is 12.8. The first kappa shape index (κ1) is 16.5. The number of carbonyl (C=O) groups excluding carboxylic acids is 1. The van der Waals surface area contributed by atoms with Crippen molar-refractivity contribution in [3.05, 3.63) is 35.4 Å². The van der Waals surface area contributed by atoms with Gasteiger partial charge in [-0.2, -0.15) is 0 Å². The van der Waals surface area contributed by atoms with Crippen molar-refractivity contribution in [3.8, 4) is 0 Å². The van der Waals surface area contributed by atoms with Gasteiger partial charge >= 0.3 is 5.97 Å². The molecule has 1 aliphatic heterocycles. The van der Waals surface area contributed by atoms with Crippen molar-refractivity contribution in [2.24, 2.45) is 5.92 Å². The second-order valence-electron chi connectivity index (χ2n) is 6.44. The van der Waals surface area contributed by atoms with Gasteiger partial charge in [0.25, 0.3) is 5.91 Å². The zero-order valence-corrected chi connectivity index (χ0v) is 13.6. The molecule has 0 aliphatic carbocycles. The molecule has 0 spiro atoms. The molecule has 22 heavy (non-hydrogen) atoms. The predicted octanol–water partition coefficient (Wildman–Crippen LogP) is 1.90. The second kappa shape index (κ2) is 6.48. The predicted molar refractivity (Wildman–Crippen MR) is 85.0 cm³/mol. The minimum absolute atomic E-state index is 0.0614. The summed E-state index contributed by atoms with van der Waals surface area (Å²) in [7, 11) is 3.89. The van der Waals surface area contributed by atoms with Gasteiger partial charge in [0.2, 0.25) is 0 Å². The third kappa shape index (κ3) is 2.99. The molecule has 0 radical (unpaired) electrons. The van der Waals surface area contributed by atoms with E-state index in [0.717, 1.165) is 0 Å². The first-order valence-corrected chi connectivity index (χ1v) is 7.62. The number of hydrogen-bond donors (Lipinski definition) is 1. The fourth-order valence-electron chi connectivity index (χ4n) is 3.20. The summed E-state index contributed by atoms with van der Waals surface area (Å²) >= 11 is 0. The van der Waals surface area contributed by atoms with Crippen molar-refractivity contribution >= 4 is 11.9 Å². The van der Waals surface area contributed by atoms with Crippen LogP contribution in [0.5, 0.6) is 0 Å². The Bertz CT molecular complexity index is 569. The number of nitrogens with zero attached hydrogens (tertiary/aromatic N) is 2. The molecule has 120 valence electrons. The Balaban J connectivity index is 2.50. The molecule has 1 N–H and O–H groups in total. The zero-order chi connectivity index (χ0) is 16.4. The highest BCUT2D eigenvalue weighted by atomic mass is 16.4. The number of carbonyl (C=O) groups is 2. The Morgan fingerprint density at radius 3 is 2.50 bits per heavy atom. The van der Waals surface area contributed by atoms with Crippen LogP contribution in [0.2, 0.25) is 0 Å². The normalized spacial score (nSPS) is 21.4. The van der Waals surface area contributed by atoms with Crippen LogP contribution in [0.3, 0.4) is 0 Å². The molecule has 5 heteroatoms. The number of hydrogen-bond acceptors (Lipinski definition) is 3. The van der Waals surface area contributed by atoms with Gasteiger partial charge in [-0.15, -0.1) is 0 Å². The van der Waals surface area contributed by atoms with E-state index >= 15 is 0 Å². The lowest BCUT2D eigenvalue weighted by Gasteiger charge is -2.43. The highest BCUT2D eigenvalue weighted by Gasteiger charge is 2.44. The van der Waals surface area contributed by atoms with Crippen molar-refractivity contribution in [1.82, 2.24) is 9.80 Å². The van der Waals surface area contributed by atoms with Gasteiger partial charge in [-0.05, 0) is 31.6 Å². The van der Waals surface area contributed by atoms with E-state index < -0.39 is 11.9 Å². The summed E-state index contributed by atoms with van der Waals surface area (Å²) in [4.78, 5) is 28.4. The summed E-state index contributed by atoms with van der Waals surface area (Å²) in [5.41, 5.74) is 1.16. The van der Waals surface area contributed by atoms with Crippen molar-refractivity contribution < 1.29 is 14.7 Å². The van der Waals surface area contributed by atoms with E-state index in [4.69, 9.17) is 0 Å². The average Bonchev–Trinajstić information content (AvgIpc) is 2.45. The Kier molecular flexibility index (Phi) is 4.86. The fraction of sp³-hybridized carbons (Fsp3) is 0.529. The first-order valence-electron chi connectivity index (χ1n) is 7.62. The van der Waals surface area contributed by atoms with Crippen LogP contribution < -0.4 is 0 Å². The van der Waals surface area contributed by atoms with E-state index in [0.29, 0.717) is 24.2 Å². The maximum atomic E-state index is 12.8. The van der Waals surface area contributed by atoms with Crippen LogP contribution in [-0.4, -0.2) is 60.0 Å². The van der Waals surface area contributed by atoms with E-state index in [1.54, 1.807) is 29.2 Å². The minimum Gasteiger partial charge on any atom is -0.481 e. The molecule has 1 amide bonds. The van der Waals surface area contributed by atoms with Crippen LogP contribution in [0.15, 0.2) is 24.3 Å². The third-order valence-corrected chi connectivity index (χ3v) is 4.23. The average molecular weight is 304 g/mol. The fourth-order valence-corrected chi connectivity index (χ4v) is 3.20. The van der Waals surface area contributed by atoms with Crippen LogP contribution >= 0.6 is 0 Å². The van der Waals surface area contributed by atoms with E-state index in [1.807, 2.05) is 32.8 Å². The van der Waals surface area contributed by atoms with Crippen LogP contribution in [0, 0.1) is 5.92 Å². The molecular formula is C17H24N2O3. The molecule has 2 rings (SSSR count). The van der Waals surface area contributed by atoms with E-state index in [2.05, 4.69) is 0 Å². The Morgan fingerprint density at radius 2 is 1.95 bits per heavy atom. The number of carboxylic acid groups (broad SMARTS) is 1. The quantitative estimate of drug-likeness (QED) is 0.902. The number of carboxylic acids is 1. The van der Waals surface area contributed by atoms with Crippen LogP contribution in [0.1, 0.15) is 35.7 Å². The lowest BCUT2D eigenvalue weighted by atomic mass is 9.78. The minimum atomic E-state index is -0.867. The third-order valence-electron chi connectivity index (χ3n) is 4.23. The highest BCUT2D eigenvalue weighted by Crippen LogP contribution is 2.36. The van der Waals surface area contributed by atoms with Gasteiger partial charge in [-0.25, -0.2) is 0 Å². The molecular weight excluding hydrogens is 280 g/mol. The summed E-state index contributed by atoms with van der Waals surface area (Å²) < 4.78 is 0. The maximum Gasteiger partial charge on any atom is 0.313 e. The zero-order valence-electron chi connectivity index (χ0n) is 13.6.